The average molecular weight is 263 g/mol. The third kappa shape index (κ3) is 4.24. The van der Waals surface area contributed by atoms with Crippen LogP contribution >= 0.6 is 0 Å². The summed E-state index contributed by atoms with van der Waals surface area (Å²) in [5.41, 5.74) is 1.07. The maximum atomic E-state index is 10.1. The third-order valence-electron chi connectivity index (χ3n) is 4.18. The highest BCUT2D eigenvalue weighted by molar-refractivity contribution is 5.34. The average Bonchev–Trinajstić information content (AvgIpc) is 2.45. The van der Waals surface area contributed by atoms with E-state index >= 15 is 0 Å². The zero-order valence-corrected chi connectivity index (χ0v) is 12.9. The molecule has 0 bridgehead atoms. The van der Waals surface area contributed by atoms with Crippen LogP contribution in [0, 0.1) is 5.92 Å². The number of nitrogens with zero attached hydrogens (tertiary/aromatic N) is 1. The van der Waals surface area contributed by atoms with Crippen LogP contribution in [0.25, 0.3) is 0 Å². The fourth-order valence-corrected chi connectivity index (χ4v) is 2.80. The Balaban J connectivity index is 2.90. The minimum Gasteiger partial charge on any atom is -0.508 e. The van der Waals surface area contributed by atoms with Crippen LogP contribution in [0.15, 0.2) is 24.3 Å². The highest BCUT2D eigenvalue weighted by atomic mass is 16.3. The minimum atomic E-state index is 0.326. The van der Waals surface area contributed by atoms with Crippen LogP contribution in [0.5, 0.6) is 5.75 Å². The van der Waals surface area contributed by atoms with Gasteiger partial charge in [-0.3, -0.25) is 4.90 Å². The predicted octanol–water partition coefficient (Wildman–Crippen LogP) is 4.60. The smallest absolute Gasteiger partial charge is 0.120 e. The van der Waals surface area contributed by atoms with Gasteiger partial charge in [0.15, 0.2) is 0 Å². The van der Waals surface area contributed by atoms with Crippen LogP contribution in [0.2, 0.25) is 0 Å². The molecular weight excluding hydrogens is 234 g/mol. The number of hydrogen-bond donors (Lipinski definition) is 1. The molecule has 1 atom stereocenters. The molecule has 1 N–H and O–H groups in total. The summed E-state index contributed by atoms with van der Waals surface area (Å²) in [5, 5.41) is 10.1. The fourth-order valence-electron chi connectivity index (χ4n) is 2.80. The van der Waals surface area contributed by atoms with Gasteiger partial charge in [0.25, 0.3) is 0 Å². The van der Waals surface area contributed by atoms with Crippen molar-refractivity contribution in [2.24, 2.45) is 5.92 Å². The van der Waals surface area contributed by atoms with Gasteiger partial charge in [-0.05, 0) is 24.9 Å². The molecule has 2 heteroatoms. The van der Waals surface area contributed by atoms with Gasteiger partial charge in [0.05, 0.1) is 0 Å². The molecule has 2 nitrogen and oxygen atoms in total. The maximum absolute atomic E-state index is 10.1. The number of phenols is 1. The zero-order valence-electron chi connectivity index (χ0n) is 12.9. The maximum Gasteiger partial charge on any atom is 0.120 e. The number of para-hydroxylation sites is 1. The van der Waals surface area contributed by atoms with Crippen molar-refractivity contribution >= 4 is 0 Å². The Morgan fingerprint density at radius 3 is 2.11 bits per heavy atom. The first-order valence-electron chi connectivity index (χ1n) is 7.69. The summed E-state index contributed by atoms with van der Waals surface area (Å²) in [6, 6.07) is 8.08. The molecule has 0 aromatic heterocycles. The van der Waals surface area contributed by atoms with E-state index in [2.05, 4.69) is 38.7 Å². The summed E-state index contributed by atoms with van der Waals surface area (Å²) < 4.78 is 0. The molecule has 0 spiro atoms. The van der Waals surface area contributed by atoms with Crippen molar-refractivity contribution in [1.29, 1.82) is 0 Å². The molecule has 1 unspecified atom stereocenters. The highest BCUT2D eigenvalue weighted by Gasteiger charge is 2.21. The van der Waals surface area contributed by atoms with Crippen LogP contribution in [-0.2, 0) is 0 Å². The Morgan fingerprint density at radius 2 is 1.63 bits per heavy atom. The van der Waals surface area contributed by atoms with Gasteiger partial charge in [-0.2, -0.15) is 0 Å². The first kappa shape index (κ1) is 16.0. The van der Waals surface area contributed by atoms with E-state index in [1.54, 1.807) is 6.07 Å². The molecule has 19 heavy (non-hydrogen) atoms. The van der Waals surface area contributed by atoms with Crippen molar-refractivity contribution in [3.05, 3.63) is 29.8 Å². The standard InChI is InChI=1S/C17H29NO/c1-5-14(6-2)13-18(8-4)16(7-3)15-11-9-10-12-17(15)19/h9-12,14,16,19H,5-8,13H2,1-4H3. The van der Waals surface area contributed by atoms with Gasteiger partial charge in [0.2, 0.25) is 0 Å². The monoisotopic (exact) mass is 263 g/mol. The molecule has 0 saturated heterocycles. The normalized spacial score (nSPS) is 13.2. The predicted molar refractivity (Wildman–Crippen MR) is 82.5 cm³/mol. The van der Waals surface area contributed by atoms with Crippen LogP contribution in [0.1, 0.15) is 58.6 Å². The topological polar surface area (TPSA) is 23.5 Å². The SMILES string of the molecule is CCC(CC)CN(CC)C(CC)c1ccccc1O. The van der Waals surface area contributed by atoms with E-state index in [0.717, 1.165) is 31.0 Å². The van der Waals surface area contributed by atoms with E-state index in [0.29, 0.717) is 11.8 Å². The molecule has 108 valence electrons. The van der Waals surface area contributed by atoms with Crippen molar-refractivity contribution in [3.8, 4) is 5.75 Å². The van der Waals surface area contributed by atoms with Crippen molar-refractivity contribution in [3.63, 3.8) is 0 Å². The second kappa shape index (κ2) is 8.21. The molecule has 0 aliphatic heterocycles. The van der Waals surface area contributed by atoms with Crippen molar-refractivity contribution < 1.29 is 5.11 Å². The van der Waals surface area contributed by atoms with Crippen LogP contribution in [-0.4, -0.2) is 23.1 Å². The second-order valence-electron chi connectivity index (χ2n) is 5.25. The first-order valence-corrected chi connectivity index (χ1v) is 7.69. The quantitative estimate of drug-likeness (QED) is 0.741. The lowest BCUT2D eigenvalue weighted by atomic mass is 9.97. The fraction of sp³-hybridized carbons (Fsp3) is 0.647. The summed E-state index contributed by atoms with van der Waals surface area (Å²) in [5.74, 6) is 1.18. The summed E-state index contributed by atoms with van der Waals surface area (Å²) in [6.07, 6.45) is 3.49. The molecular formula is C17H29NO. The molecule has 0 aliphatic carbocycles. The van der Waals surface area contributed by atoms with Crippen LogP contribution in [0.3, 0.4) is 0 Å². The summed E-state index contributed by atoms with van der Waals surface area (Å²) in [6.45, 7) is 11.1. The number of rotatable bonds is 8. The van der Waals surface area contributed by atoms with E-state index in [4.69, 9.17) is 0 Å². The lowest BCUT2D eigenvalue weighted by molar-refractivity contribution is 0.164. The van der Waals surface area contributed by atoms with E-state index in [1.165, 1.54) is 12.8 Å². The lowest BCUT2D eigenvalue weighted by Crippen LogP contribution is -2.33. The Bertz CT molecular complexity index is 360. The van der Waals surface area contributed by atoms with E-state index in [9.17, 15) is 5.11 Å². The third-order valence-corrected chi connectivity index (χ3v) is 4.18. The Hall–Kier alpha value is -1.02. The molecule has 0 amide bonds. The van der Waals surface area contributed by atoms with Gasteiger partial charge in [-0.15, -0.1) is 0 Å². The minimum absolute atomic E-state index is 0.326. The van der Waals surface area contributed by atoms with Gasteiger partial charge in [0, 0.05) is 18.2 Å². The van der Waals surface area contributed by atoms with Crippen molar-refractivity contribution in [2.45, 2.75) is 53.0 Å². The Labute approximate surface area is 118 Å². The molecule has 0 aliphatic rings. The van der Waals surface area contributed by atoms with Crippen LogP contribution in [0.4, 0.5) is 0 Å². The molecule has 0 heterocycles. The molecule has 0 saturated carbocycles. The van der Waals surface area contributed by atoms with Crippen LogP contribution < -0.4 is 0 Å². The van der Waals surface area contributed by atoms with E-state index < -0.39 is 0 Å². The molecule has 1 aromatic carbocycles. The number of benzene rings is 1. The summed E-state index contributed by atoms with van der Waals surface area (Å²) in [4.78, 5) is 2.51. The molecule has 1 rings (SSSR count). The van der Waals surface area contributed by atoms with E-state index in [-0.39, 0.29) is 0 Å². The van der Waals surface area contributed by atoms with Gasteiger partial charge in [-0.1, -0.05) is 58.7 Å². The molecule has 1 aromatic rings. The summed E-state index contributed by atoms with van der Waals surface area (Å²) in [7, 11) is 0. The molecule has 0 fully saturated rings. The van der Waals surface area contributed by atoms with Gasteiger partial charge < -0.3 is 5.11 Å². The number of hydrogen-bond acceptors (Lipinski definition) is 2. The first-order chi connectivity index (χ1) is 9.17. The Kier molecular flexibility index (Phi) is 6.93. The number of phenolic OH excluding ortho intramolecular Hbond substituents is 1. The molecule has 0 radical (unpaired) electrons. The van der Waals surface area contributed by atoms with Gasteiger partial charge in [0.1, 0.15) is 5.75 Å². The number of aromatic hydroxyl groups is 1. The van der Waals surface area contributed by atoms with Gasteiger partial charge in [-0.25, -0.2) is 0 Å². The second-order valence-corrected chi connectivity index (χ2v) is 5.25. The van der Waals surface area contributed by atoms with Gasteiger partial charge >= 0.3 is 0 Å². The van der Waals surface area contributed by atoms with E-state index in [1.807, 2.05) is 12.1 Å². The summed E-state index contributed by atoms with van der Waals surface area (Å²) >= 11 is 0. The highest BCUT2D eigenvalue weighted by Crippen LogP contribution is 2.31. The Morgan fingerprint density at radius 1 is 1.00 bits per heavy atom. The lowest BCUT2D eigenvalue weighted by Gasteiger charge is -2.33. The largest absolute Gasteiger partial charge is 0.508 e. The van der Waals surface area contributed by atoms with Crippen molar-refractivity contribution in [2.75, 3.05) is 13.1 Å². The van der Waals surface area contributed by atoms with Crippen molar-refractivity contribution in [1.82, 2.24) is 4.90 Å². The zero-order chi connectivity index (χ0) is 14.3.